The van der Waals surface area contributed by atoms with E-state index >= 15 is 0 Å². The molecule has 0 aliphatic carbocycles. The summed E-state index contributed by atoms with van der Waals surface area (Å²) in [5.41, 5.74) is 3.50. The highest BCUT2D eigenvalue weighted by molar-refractivity contribution is 5.84. The van der Waals surface area contributed by atoms with Crippen LogP contribution >= 0.6 is 0 Å². The zero-order chi connectivity index (χ0) is 17.7. The summed E-state index contributed by atoms with van der Waals surface area (Å²) in [6.45, 7) is 7.61. The van der Waals surface area contributed by atoms with Gasteiger partial charge in [-0.05, 0) is 38.3 Å². The van der Waals surface area contributed by atoms with Crippen LogP contribution in [-0.2, 0) is 20.9 Å². The van der Waals surface area contributed by atoms with Crippen molar-refractivity contribution in [2.75, 3.05) is 20.3 Å². The van der Waals surface area contributed by atoms with Crippen LogP contribution < -0.4 is 5.32 Å². The van der Waals surface area contributed by atoms with E-state index in [0.29, 0.717) is 32.5 Å². The first-order valence-electron chi connectivity index (χ1n) is 8.56. The molecule has 1 aromatic carbocycles. The van der Waals surface area contributed by atoms with Gasteiger partial charge in [0.05, 0.1) is 12.5 Å². The minimum atomic E-state index is -0.162. The maximum atomic E-state index is 12.6. The molecular weight excluding hydrogens is 304 g/mol. The molecule has 5 heteroatoms. The largest absolute Gasteiger partial charge is 0.383 e. The summed E-state index contributed by atoms with van der Waals surface area (Å²) < 4.78 is 5.07. The molecule has 132 valence electrons. The molecule has 0 saturated carbocycles. The topological polar surface area (TPSA) is 58.6 Å². The molecule has 1 aliphatic rings. The smallest absolute Gasteiger partial charge is 0.225 e. The lowest BCUT2D eigenvalue weighted by molar-refractivity contribution is -0.143. The highest BCUT2D eigenvalue weighted by Crippen LogP contribution is 2.24. The Morgan fingerprint density at radius 3 is 2.83 bits per heavy atom. The Hall–Kier alpha value is -1.88. The van der Waals surface area contributed by atoms with Crippen LogP contribution in [0.3, 0.4) is 0 Å². The summed E-state index contributed by atoms with van der Waals surface area (Å²) in [5.74, 6) is -0.0267. The van der Waals surface area contributed by atoms with Crippen LogP contribution in [0.15, 0.2) is 18.2 Å². The number of hydrogen-bond acceptors (Lipinski definition) is 3. The molecule has 1 aromatic rings. The van der Waals surface area contributed by atoms with E-state index in [9.17, 15) is 9.59 Å². The van der Waals surface area contributed by atoms with Gasteiger partial charge in [0.2, 0.25) is 11.8 Å². The van der Waals surface area contributed by atoms with E-state index in [-0.39, 0.29) is 23.8 Å². The van der Waals surface area contributed by atoms with Gasteiger partial charge in [-0.25, -0.2) is 0 Å². The molecule has 1 saturated heterocycles. The fourth-order valence-electron chi connectivity index (χ4n) is 3.28. The number of piperidine rings is 1. The van der Waals surface area contributed by atoms with Crippen molar-refractivity contribution in [1.29, 1.82) is 0 Å². The summed E-state index contributed by atoms with van der Waals surface area (Å²) in [5, 5.41) is 3.05. The zero-order valence-corrected chi connectivity index (χ0v) is 15.1. The molecule has 0 aromatic heterocycles. The standard InChI is InChI=1S/C19H28N2O3/c1-13-5-6-14(2)16(11-13)12-20-19(23)17-7-8-18(22)21(15(17)3)9-10-24-4/h5-6,11,15,17H,7-10,12H2,1-4H3,(H,20,23)/t15-,17-/m1/s1. The quantitative estimate of drug-likeness (QED) is 0.869. The van der Waals surface area contributed by atoms with Crippen LogP contribution in [0.25, 0.3) is 0 Å². The Kier molecular flexibility index (Phi) is 6.37. The molecule has 1 N–H and O–H groups in total. The molecular formula is C19H28N2O3. The number of aryl methyl sites for hydroxylation is 2. The fourth-order valence-corrected chi connectivity index (χ4v) is 3.28. The molecule has 1 aliphatic heterocycles. The third-order valence-corrected chi connectivity index (χ3v) is 4.89. The first-order chi connectivity index (χ1) is 11.4. The molecule has 2 amide bonds. The first kappa shape index (κ1) is 18.5. The van der Waals surface area contributed by atoms with E-state index in [1.807, 2.05) is 13.8 Å². The van der Waals surface area contributed by atoms with Crippen molar-refractivity contribution in [3.05, 3.63) is 34.9 Å². The third kappa shape index (κ3) is 4.35. The Bertz CT molecular complexity index is 600. The lowest BCUT2D eigenvalue weighted by Gasteiger charge is -2.38. The van der Waals surface area contributed by atoms with E-state index in [1.54, 1.807) is 12.0 Å². The molecule has 0 bridgehead atoms. The number of carbonyl (C=O) groups excluding carboxylic acids is 2. The second-order valence-corrected chi connectivity index (χ2v) is 6.61. The molecule has 0 spiro atoms. The van der Waals surface area contributed by atoms with Gasteiger partial charge < -0.3 is 15.0 Å². The van der Waals surface area contributed by atoms with Crippen molar-refractivity contribution in [2.24, 2.45) is 5.92 Å². The highest BCUT2D eigenvalue weighted by Gasteiger charge is 2.36. The van der Waals surface area contributed by atoms with Gasteiger partial charge >= 0.3 is 0 Å². The molecule has 2 atom stereocenters. The summed E-state index contributed by atoms with van der Waals surface area (Å²) in [6, 6.07) is 6.16. The SMILES string of the molecule is COCCN1C(=O)CC[C@@H](C(=O)NCc2cc(C)ccc2C)[C@H]1C. The Balaban J connectivity index is 1.98. The van der Waals surface area contributed by atoms with Gasteiger partial charge in [0, 0.05) is 32.7 Å². The van der Waals surface area contributed by atoms with Crippen molar-refractivity contribution < 1.29 is 14.3 Å². The Morgan fingerprint density at radius 1 is 1.38 bits per heavy atom. The van der Waals surface area contributed by atoms with E-state index in [1.165, 1.54) is 11.1 Å². The molecule has 1 fully saturated rings. The van der Waals surface area contributed by atoms with Gasteiger partial charge in [-0.3, -0.25) is 9.59 Å². The summed E-state index contributed by atoms with van der Waals surface area (Å²) >= 11 is 0. The van der Waals surface area contributed by atoms with Gasteiger partial charge in [0.15, 0.2) is 0 Å². The maximum absolute atomic E-state index is 12.6. The van der Waals surface area contributed by atoms with Crippen LogP contribution in [-0.4, -0.2) is 43.0 Å². The Morgan fingerprint density at radius 2 is 2.12 bits per heavy atom. The number of carbonyl (C=O) groups is 2. The maximum Gasteiger partial charge on any atom is 0.225 e. The predicted molar refractivity (Wildman–Crippen MR) is 93.5 cm³/mol. The predicted octanol–water partition coefficient (Wildman–Crippen LogP) is 2.19. The second-order valence-electron chi connectivity index (χ2n) is 6.61. The molecule has 1 heterocycles. The normalized spacial score (nSPS) is 21.0. The monoisotopic (exact) mass is 332 g/mol. The van der Waals surface area contributed by atoms with Crippen LogP contribution in [0.4, 0.5) is 0 Å². The minimum absolute atomic E-state index is 0.0262. The third-order valence-electron chi connectivity index (χ3n) is 4.89. The number of hydrogen-bond donors (Lipinski definition) is 1. The van der Waals surface area contributed by atoms with Crippen molar-refractivity contribution >= 4 is 11.8 Å². The molecule has 24 heavy (non-hydrogen) atoms. The lowest BCUT2D eigenvalue weighted by Crippen LogP contribution is -2.52. The van der Waals surface area contributed by atoms with Gasteiger partial charge in [0.25, 0.3) is 0 Å². The van der Waals surface area contributed by atoms with Crippen LogP contribution in [0.5, 0.6) is 0 Å². The number of ether oxygens (including phenoxy) is 1. The van der Waals surface area contributed by atoms with Crippen molar-refractivity contribution in [3.8, 4) is 0 Å². The number of likely N-dealkylation sites (tertiary alicyclic amines) is 1. The van der Waals surface area contributed by atoms with Crippen molar-refractivity contribution in [3.63, 3.8) is 0 Å². The summed E-state index contributed by atoms with van der Waals surface area (Å²) in [4.78, 5) is 26.5. The number of benzene rings is 1. The average Bonchev–Trinajstić information content (AvgIpc) is 2.55. The lowest BCUT2D eigenvalue weighted by atomic mass is 9.89. The van der Waals surface area contributed by atoms with Gasteiger partial charge in [-0.1, -0.05) is 23.8 Å². The highest BCUT2D eigenvalue weighted by atomic mass is 16.5. The number of methoxy groups -OCH3 is 1. The Labute approximate surface area is 144 Å². The number of amides is 2. The van der Waals surface area contributed by atoms with Crippen molar-refractivity contribution in [2.45, 2.75) is 46.2 Å². The molecule has 0 radical (unpaired) electrons. The average molecular weight is 332 g/mol. The molecule has 0 unspecified atom stereocenters. The number of nitrogens with zero attached hydrogens (tertiary/aromatic N) is 1. The van der Waals surface area contributed by atoms with E-state index < -0.39 is 0 Å². The van der Waals surface area contributed by atoms with Crippen LogP contribution in [0, 0.1) is 19.8 Å². The number of nitrogens with one attached hydrogen (secondary N) is 1. The van der Waals surface area contributed by atoms with E-state index in [2.05, 4.69) is 30.4 Å². The molecule has 2 rings (SSSR count). The van der Waals surface area contributed by atoms with Crippen LogP contribution in [0.2, 0.25) is 0 Å². The van der Waals surface area contributed by atoms with Crippen molar-refractivity contribution in [1.82, 2.24) is 10.2 Å². The fraction of sp³-hybridized carbons (Fsp3) is 0.579. The van der Waals surface area contributed by atoms with Gasteiger partial charge in [0.1, 0.15) is 0 Å². The minimum Gasteiger partial charge on any atom is -0.383 e. The summed E-state index contributed by atoms with van der Waals surface area (Å²) in [6.07, 6.45) is 1.04. The van der Waals surface area contributed by atoms with E-state index in [4.69, 9.17) is 4.74 Å². The first-order valence-corrected chi connectivity index (χ1v) is 8.56. The second kappa shape index (κ2) is 8.29. The zero-order valence-electron chi connectivity index (χ0n) is 15.1. The van der Waals surface area contributed by atoms with E-state index in [0.717, 1.165) is 5.56 Å². The van der Waals surface area contributed by atoms with Gasteiger partial charge in [-0.2, -0.15) is 0 Å². The van der Waals surface area contributed by atoms with Crippen LogP contribution in [0.1, 0.15) is 36.5 Å². The van der Waals surface area contributed by atoms with Gasteiger partial charge in [-0.15, -0.1) is 0 Å². The number of rotatable bonds is 6. The molecule has 5 nitrogen and oxygen atoms in total. The summed E-state index contributed by atoms with van der Waals surface area (Å²) in [7, 11) is 1.62.